The number of nitrogens with zero attached hydrogens (tertiary/aromatic N) is 5. The number of urea groups is 1. The van der Waals surface area contributed by atoms with E-state index < -0.39 is 0 Å². The fraction of sp³-hybridized carbons (Fsp3) is 0.385. The van der Waals surface area contributed by atoms with Gasteiger partial charge < -0.3 is 15.0 Å². The molecule has 0 unspecified atom stereocenters. The van der Waals surface area contributed by atoms with Gasteiger partial charge in [0.1, 0.15) is 5.75 Å². The van der Waals surface area contributed by atoms with E-state index in [1.165, 1.54) is 9.70 Å². The maximum Gasteiger partial charge on any atom is 0.361 e. The molecule has 2 aromatic rings. The van der Waals surface area contributed by atoms with Crippen molar-refractivity contribution in [3.63, 3.8) is 0 Å². The van der Waals surface area contributed by atoms with Gasteiger partial charge in [-0.15, -0.1) is 0 Å². The molecule has 2 rings (SSSR count). The molecule has 0 aliphatic carbocycles. The van der Waals surface area contributed by atoms with E-state index in [1.54, 1.807) is 38.4 Å². The summed E-state index contributed by atoms with van der Waals surface area (Å²) in [6.07, 6.45) is 0. The first-order valence-electron chi connectivity index (χ1n) is 6.51. The van der Waals surface area contributed by atoms with E-state index in [4.69, 9.17) is 4.74 Å². The van der Waals surface area contributed by atoms with Crippen molar-refractivity contribution in [2.24, 2.45) is 0 Å². The van der Waals surface area contributed by atoms with Crippen LogP contribution in [0.5, 0.6) is 11.8 Å². The van der Waals surface area contributed by atoms with Gasteiger partial charge in [-0.25, -0.2) is 4.79 Å². The average molecular weight is 290 g/mol. The topological polar surface area (TPSA) is 85.2 Å². The Kier molecular flexibility index (Phi) is 4.36. The van der Waals surface area contributed by atoms with E-state index in [0.29, 0.717) is 11.4 Å². The maximum absolute atomic E-state index is 11.5. The van der Waals surface area contributed by atoms with Crippen LogP contribution in [0.4, 0.5) is 10.5 Å². The molecule has 8 heteroatoms. The van der Waals surface area contributed by atoms with Gasteiger partial charge in [0.05, 0.1) is 6.04 Å². The molecule has 0 atom stereocenters. The summed E-state index contributed by atoms with van der Waals surface area (Å²) in [6, 6.07) is 7.05. The summed E-state index contributed by atoms with van der Waals surface area (Å²) >= 11 is 0. The van der Waals surface area contributed by atoms with E-state index in [1.807, 2.05) is 13.8 Å². The minimum Gasteiger partial charge on any atom is -0.422 e. The van der Waals surface area contributed by atoms with Crippen LogP contribution in [-0.4, -0.2) is 45.2 Å². The molecule has 0 aliphatic rings. The van der Waals surface area contributed by atoms with Crippen LogP contribution in [0.2, 0.25) is 0 Å². The van der Waals surface area contributed by atoms with Gasteiger partial charge in [0.25, 0.3) is 0 Å². The smallest absolute Gasteiger partial charge is 0.361 e. The van der Waals surface area contributed by atoms with Gasteiger partial charge >= 0.3 is 12.0 Å². The van der Waals surface area contributed by atoms with Crippen LogP contribution in [0.1, 0.15) is 19.9 Å². The molecule has 21 heavy (non-hydrogen) atoms. The first-order valence-corrected chi connectivity index (χ1v) is 6.51. The Morgan fingerprint density at radius 3 is 2.48 bits per heavy atom. The van der Waals surface area contributed by atoms with Crippen LogP contribution < -0.4 is 10.1 Å². The molecule has 0 aliphatic heterocycles. The molecule has 1 aromatic carbocycles. The second kappa shape index (κ2) is 6.21. The van der Waals surface area contributed by atoms with Crippen molar-refractivity contribution < 1.29 is 9.53 Å². The number of rotatable bonds is 4. The Morgan fingerprint density at radius 2 is 1.95 bits per heavy atom. The van der Waals surface area contributed by atoms with Crippen molar-refractivity contribution >= 4 is 11.7 Å². The van der Waals surface area contributed by atoms with Crippen molar-refractivity contribution in [3.8, 4) is 11.8 Å². The second-order valence-corrected chi connectivity index (χ2v) is 4.94. The normalized spacial score (nSPS) is 10.5. The fourth-order valence-corrected chi connectivity index (χ4v) is 1.42. The van der Waals surface area contributed by atoms with E-state index in [-0.39, 0.29) is 18.1 Å². The minimum atomic E-state index is -0.190. The van der Waals surface area contributed by atoms with Crippen molar-refractivity contribution in [2.45, 2.75) is 19.9 Å². The monoisotopic (exact) mass is 290 g/mol. The standard InChI is InChI=1S/C13H18N6O2/c1-9(2)19-16-12(15-17-19)21-11-7-5-10(6-8-11)14-13(20)18(3)4/h5-9H,1-4H3,(H,14,20). The number of aromatic nitrogens is 4. The molecule has 0 radical (unpaired) electrons. The zero-order chi connectivity index (χ0) is 15.4. The molecule has 112 valence electrons. The Labute approximate surface area is 122 Å². The van der Waals surface area contributed by atoms with Crippen molar-refractivity contribution in [1.82, 2.24) is 25.1 Å². The van der Waals surface area contributed by atoms with Crippen LogP contribution in [0.3, 0.4) is 0 Å². The first-order chi connectivity index (χ1) is 9.95. The summed E-state index contributed by atoms with van der Waals surface area (Å²) in [5.74, 6) is 0.571. The summed E-state index contributed by atoms with van der Waals surface area (Å²) in [5.41, 5.74) is 0.680. The molecular formula is C13H18N6O2. The summed E-state index contributed by atoms with van der Waals surface area (Å²) in [7, 11) is 3.35. The van der Waals surface area contributed by atoms with Gasteiger partial charge in [-0.1, -0.05) is 10.2 Å². The summed E-state index contributed by atoms with van der Waals surface area (Å²) in [4.78, 5) is 14.4. The lowest BCUT2D eigenvalue weighted by Crippen LogP contribution is -2.27. The molecule has 0 saturated carbocycles. The number of carbonyl (C=O) groups is 1. The molecule has 1 aromatic heterocycles. The third-order valence-corrected chi connectivity index (χ3v) is 2.59. The highest BCUT2D eigenvalue weighted by Crippen LogP contribution is 2.20. The SMILES string of the molecule is CC(C)n1nnc(Oc2ccc(NC(=O)N(C)C)cc2)n1. The number of hydrogen-bond acceptors (Lipinski definition) is 5. The van der Waals surface area contributed by atoms with Crippen molar-refractivity contribution in [2.75, 3.05) is 19.4 Å². The lowest BCUT2D eigenvalue weighted by molar-refractivity contribution is 0.230. The molecular weight excluding hydrogens is 272 g/mol. The molecule has 1 heterocycles. The van der Waals surface area contributed by atoms with Crippen molar-refractivity contribution in [3.05, 3.63) is 24.3 Å². The number of benzene rings is 1. The van der Waals surface area contributed by atoms with Crippen LogP contribution in [0.25, 0.3) is 0 Å². The summed E-state index contributed by atoms with van der Waals surface area (Å²) in [5, 5.41) is 14.5. The average Bonchev–Trinajstić information content (AvgIpc) is 2.89. The van der Waals surface area contributed by atoms with Gasteiger partial charge in [-0.2, -0.15) is 4.80 Å². The van der Waals surface area contributed by atoms with Gasteiger partial charge in [0, 0.05) is 19.8 Å². The number of hydrogen-bond donors (Lipinski definition) is 1. The second-order valence-electron chi connectivity index (χ2n) is 4.94. The maximum atomic E-state index is 11.5. The largest absolute Gasteiger partial charge is 0.422 e. The van der Waals surface area contributed by atoms with E-state index in [0.717, 1.165) is 0 Å². The third-order valence-electron chi connectivity index (χ3n) is 2.59. The van der Waals surface area contributed by atoms with Crippen molar-refractivity contribution in [1.29, 1.82) is 0 Å². The third kappa shape index (κ3) is 3.91. The molecule has 0 saturated heterocycles. The Balaban J connectivity index is 2.00. The first kappa shape index (κ1) is 14.8. The zero-order valence-corrected chi connectivity index (χ0v) is 12.4. The zero-order valence-electron chi connectivity index (χ0n) is 12.4. The Morgan fingerprint density at radius 1 is 1.29 bits per heavy atom. The van der Waals surface area contributed by atoms with Gasteiger partial charge in [0.15, 0.2) is 0 Å². The Hall–Kier alpha value is -2.64. The highest BCUT2D eigenvalue weighted by atomic mass is 16.5. The fourth-order valence-electron chi connectivity index (χ4n) is 1.42. The Bertz CT molecular complexity index is 605. The molecule has 0 fully saturated rings. The minimum absolute atomic E-state index is 0.124. The molecule has 0 bridgehead atoms. The van der Waals surface area contributed by atoms with Gasteiger partial charge in [-0.3, -0.25) is 0 Å². The molecule has 2 amide bonds. The predicted octanol–water partition coefficient (Wildman–Crippen LogP) is 2.14. The number of tetrazole rings is 1. The summed E-state index contributed by atoms with van der Waals surface area (Å²) in [6.45, 7) is 3.90. The summed E-state index contributed by atoms with van der Waals surface area (Å²) < 4.78 is 5.49. The van der Waals surface area contributed by atoms with Crippen LogP contribution in [0, 0.1) is 0 Å². The predicted molar refractivity (Wildman–Crippen MR) is 77.4 cm³/mol. The highest BCUT2D eigenvalue weighted by Gasteiger charge is 2.08. The highest BCUT2D eigenvalue weighted by molar-refractivity contribution is 5.88. The van der Waals surface area contributed by atoms with Crippen LogP contribution in [-0.2, 0) is 0 Å². The lowest BCUT2D eigenvalue weighted by atomic mass is 10.3. The van der Waals surface area contributed by atoms with Crippen LogP contribution in [0.15, 0.2) is 24.3 Å². The van der Waals surface area contributed by atoms with Gasteiger partial charge in [-0.05, 0) is 43.3 Å². The molecule has 0 spiro atoms. The van der Waals surface area contributed by atoms with E-state index in [9.17, 15) is 4.79 Å². The molecule has 8 nitrogen and oxygen atoms in total. The quantitative estimate of drug-likeness (QED) is 0.932. The van der Waals surface area contributed by atoms with Gasteiger partial charge in [0.2, 0.25) is 0 Å². The number of anilines is 1. The number of amides is 2. The number of ether oxygens (including phenoxy) is 1. The number of nitrogens with one attached hydrogen (secondary N) is 1. The van der Waals surface area contributed by atoms with E-state index in [2.05, 4.69) is 20.7 Å². The van der Waals surface area contributed by atoms with Crippen LogP contribution >= 0.6 is 0 Å². The number of carbonyl (C=O) groups excluding carboxylic acids is 1. The molecule has 1 N–H and O–H groups in total. The lowest BCUT2D eigenvalue weighted by Gasteiger charge is -2.12. The van der Waals surface area contributed by atoms with E-state index >= 15 is 0 Å².